The third-order valence-electron chi connectivity index (χ3n) is 4.56. The molecule has 1 atom stereocenters. The van der Waals surface area contributed by atoms with E-state index in [1.54, 1.807) is 0 Å². The number of halogens is 1. The fraction of sp³-hybridized carbons (Fsp3) is 0.350. The second-order valence-electron chi connectivity index (χ2n) is 6.47. The molecule has 0 bridgehead atoms. The number of nitrogens with one attached hydrogen (secondary N) is 2. The number of anilines is 2. The fourth-order valence-corrected chi connectivity index (χ4v) is 3.53. The number of rotatable bonds is 4. The minimum atomic E-state index is 0.141. The summed E-state index contributed by atoms with van der Waals surface area (Å²) in [4.78, 5) is 2.47. The first-order valence-corrected chi connectivity index (χ1v) is 9.58. The molecule has 1 aliphatic rings. The maximum absolute atomic E-state index is 5.90. The van der Waals surface area contributed by atoms with Crippen LogP contribution in [0, 0.1) is 0 Å². The Hall–Kier alpha value is -1.78. The number of piperidine rings is 1. The molecular weight excluding hydrogens is 350 g/mol. The normalized spacial score (nSPS) is 15.5. The van der Waals surface area contributed by atoms with Gasteiger partial charge in [-0.25, -0.2) is 0 Å². The van der Waals surface area contributed by atoms with Crippen LogP contribution in [0.4, 0.5) is 11.4 Å². The largest absolute Gasteiger partial charge is 0.372 e. The molecular formula is C20H24ClN3S. The molecule has 2 aromatic rings. The molecule has 1 saturated heterocycles. The highest BCUT2D eigenvalue weighted by atomic mass is 35.5. The third kappa shape index (κ3) is 5.10. The van der Waals surface area contributed by atoms with E-state index >= 15 is 0 Å². The maximum Gasteiger partial charge on any atom is 0.171 e. The molecule has 25 heavy (non-hydrogen) atoms. The second-order valence-corrected chi connectivity index (χ2v) is 7.31. The van der Waals surface area contributed by atoms with Gasteiger partial charge in [0, 0.05) is 29.5 Å². The molecule has 0 unspecified atom stereocenters. The van der Waals surface area contributed by atoms with E-state index in [2.05, 4.69) is 46.7 Å². The van der Waals surface area contributed by atoms with E-state index < -0.39 is 0 Å². The van der Waals surface area contributed by atoms with E-state index in [1.807, 2.05) is 24.3 Å². The van der Waals surface area contributed by atoms with Crippen LogP contribution in [0.2, 0.25) is 5.02 Å². The first-order valence-electron chi connectivity index (χ1n) is 8.80. The average Bonchev–Trinajstić information content (AvgIpc) is 2.64. The molecule has 1 heterocycles. The number of benzene rings is 2. The number of thiocarbonyl (C=S) groups is 1. The van der Waals surface area contributed by atoms with E-state index in [0.717, 1.165) is 5.69 Å². The van der Waals surface area contributed by atoms with Crippen LogP contribution in [0.5, 0.6) is 0 Å². The van der Waals surface area contributed by atoms with Gasteiger partial charge in [-0.15, -0.1) is 0 Å². The summed E-state index contributed by atoms with van der Waals surface area (Å²) in [5.41, 5.74) is 3.47. The number of nitrogens with zero attached hydrogens (tertiary/aromatic N) is 1. The SMILES string of the molecule is C[C@@H](NC(=S)Nc1ccc(Cl)cc1)c1ccc(N2CCCCC2)cc1. The van der Waals surface area contributed by atoms with Gasteiger partial charge in [0.2, 0.25) is 0 Å². The van der Waals surface area contributed by atoms with Gasteiger partial charge in [-0.2, -0.15) is 0 Å². The van der Waals surface area contributed by atoms with Crippen molar-refractivity contribution in [2.45, 2.75) is 32.2 Å². The van der Waals surface area contributed by atoms with E-state index in [0.29, 0.717) is 10.1 Å². The summed E-state index contributed by atoms with van der Waals surface area (Å²) in [6, 6.07) is 16.5. The molecule has 0 amide bonds. The van der Waals surface area contributed by atoms with Gasteiger partial charge < -0.3 is 15.5 Å². The Bertz CT molecular complexity index is 694. The lowest BCUT2D eigenvalue weighted by Crippen LogP contribution is -2.31. The Kier molecular flexibility index (Phi) is 6.16. The summed E-state index contributed by atoms with van der Waals surface area (Å²) < 4.78 is 0. The van der Waals surface area contributed by atoms with Gasteiger partial charge in [-0.1, -0.05) is 23.7 Å². The van der Waals surface area contributed by atoms with Crippen molar-refractivity contribution in [2.24, 2.45) is 0 Å². The number of hydrogen-bond donors (Lipinski definition) is 2. The van der Waals surface area contributed by atoms with Crippen LogP contribution in [0.1, 0.15) is 37.8 Å². The van der Waals surface area contributed by atoms with Crippen LogP contribution >= 0.6 is 23.8 Å². The molecule has 0 saturated carbocycles. The molecule has 0 aliphatic carbocycles. The van der Waals surface area contributed by atoms with E-state index in [1.165, 1.54) is 43.6 Å². The average molecular weight is 374 g/mol. The van der Waals surface area contributed by atoms with Crippen LogP contribution in [0.15, 0.2) is 48.5 Å². The van der Waals surface area contributed by atoms with Gasteiger partial charge in [-0.05, 0) is 80.4 Å². The molecule has 5 heteroatoms. The Morgan fingerprint density at radius 2 is 1.64 bits per heavy atom. The molecule has 0 radical (unpaired) electrons. The Morgan fingerprint density at radius 1 is 1.00 bits per heavy atom. The maximum atomic E-state index is 5.90. The third-order valence-corrected chi connectivity index (χ3v) is 5.04. The van der Waals surface area contributed by atoms with Crippen LogP contribution in [0.3, 0.4) is 0 Å². The van der Waals surface area contributed by atoms with Gasteiger partial charge in [-0.3, -0.25) is 0 Å². The van der Waals surface area contributed by atoms with Gasteiger partial charge in [0.25, 0.3) is 0 Å². The van der Waals surface area contributed by atoms with Crippen LogP contribution in [0.25, 0.3) is 0 Å². The lowest BCUT2D eigenvalue weighted by Gasteiger charge is -2.29. The van der Waals surface area contributed by atoms with Crippen molar-refractivity contribution in [3.05, 3.63) is 59.1 Å². The van der Waals surface area contributed by atoms with Gasteiger partial charge >= 0.3 is 0 Å². The Labute approximate surface area is 160 Å². The monoisotopic (exact) mass is 373 g/mol. The molecule has 0 aromatic heterocycles. The van der Waals surface area contributed by atoms with E-state index in [9.17, 15) is 0 Å². The first kappa shape index (κ1) is 18.0. The summed E-state index contributed by atoms with van der Waals surface area (Å²) in [6.45, 7) is 4.45. The minimum absolute atomic E-state index is 0.141. The zero-order valence-electron chi connectivity index (χ0n) is 14.5. The van der Waals surface area contributed by atoms with Crippen LogP contribution < -0.4 is 15.5 Å². The smallest absolute Gasteiger partial charge is 0.171 e. The summed E-state index contributed by atoms with van der Waals surface area (Å²) in [5, 5.41) is 7.84. The summed E-state index contributed by atoms with van der Waals surface area (Å²) in [5.74, 6) is 0. The summed E-state index contributed by atoms with van der Waals surface area (Å²) >= 11 is 11.3. The van der Waals surface area contributed by atoms with Crippen LogP contribution in [-0.2, 0) is 0 Å². The molecule has 0 spiro atoms. The lowest BCUT2D eigenvalue weighted by atomic mass is 10.1. The summed E-state index contributed by atoms with van der Waals surface area (Å²) in [6.07, 6.45) is 3.95. The summed E-state index contributed by atoms with van der Waals surface area (Å²) in [7, 11) is 0. The zero-order valence-corrected chi connectivity index (χ0v) is 16.0. The molecule has 132 valence electrons. The molecule has 3 nitrogen and oxygen atoms in total. The second kappa shape index (κ2) is 8.54. The van der Waals surface area contributed by atoms with Crippen molar-refractivity contribution < 1.29 is 0 Å². The number of hydrogen-bond acceptors (Lipinski definition) is 2. The lowest BCUT2D eigenvalue weighted by molar-refractivity contribution is 0.577. The standard InChI is InChI=1S/C20H24ClN3S/c1-15(22-20(25)23-18-9-7-17(21)8-10-18)16-5-11-19(12-6-16)24-13-3-2-4-14-24/h5-12,15H,2-4,13-14H2,1H3,(H2,22,23,25)/t15-/m1/s1. The minimum Gasteiger partial charge on any atom is -0.372 e. The predicted octanol–water partition coefficient (Wildman–Crippen LogP) is 5.38. The Morgan fingerprint density at radius 3 is 2.28 bits per heavy atom. The van der Waals surface area contributed by atoms with Crippen molar-refractivity contribution in [1.29, 1.82) is 0 Å². The molecule has 2 aromatic carbocycles. The van der Waals surface area contributed by atoms with Crippen molar-refractivity contribution in [1.82, 2.24) is 5.32 Å². The highest BCUT2D eigenvalue weighted by Gasteiger charge is 2.12. The van der Waals surface area contributed by atoms with Crippen molar-refractivity contribution in [2.75, 3.05) is 23.3 Å². The predicted molar refractivity (Wildman–Crippen MR) is 112 cm³/mol. The van der Waals surface area contributed by atoms with Crippen molar-refractivity contribution >= 4 is 40.3 Å². The van der Waals surface area contributed by atoms with Crippen molar-refractivity contribution in [3.63, 3.8) is 0 Å². The van der Waals surface area contributed by atoms with Gasteiger partial charge in [0.05, 0.1) is 6.04 Å². The fourth-order valence-electron chi connectivity index (χ4n) is 3.11. The Balaban J connectivity index is 1.55. The highest BCUT2D eigenvalue weighted by Crippen LogP contribution is 2.22. The molecule has 1 aliphatic heterocycles. The molecule has 1 fully saturated rings. The first-order chi connectivity index (χ1) is 12.1. The quantitative estimate of drug-likeness (QED) is 0.704. The van der Waals surface area contributed by atoms with Gasteiger partial charge in [0.1, 0.15) is 0 Å². The zero-order chi connectivity index (χ0) is 17.6. The topological polar surface area (TPSA) is 27.3 Å². The van der Waals surface area contributed by atoms with E-state index in [4.69, 9.17) is 23.8 Å². The van der Waals surface area contributed by atoms with Crippen LogP contribution in [-0.4, -0.2) is 18.2 Å². The van der Waals surface area contributed by atoms with E-state index in [-0.39, 0.29) is 6.04 Å². The van der Waals surface area contributed by atoms with Gasteiger partial charge in [0.15, 0.2) is 5.11 Å². The highest BCUT2D eigenvalue weighted by molar-refractivity contribution is 7.80. The molecule has 2 N–H and O–H groups in total. The molecule has 3 rings (SSSR count). The van der Waals surface area contributed by atoms with Crippen molar-refractivity contribution in [3.8, 4) is 0 Å².